The first kappa shape index (κ1) is 20.2. The highest BCUT2D eigenvalue weighted by atomic mass is 79.9. The number of halogens is 2. The van der Waals surface area contributed by atoms with Gasteiger partial charge in [-0.2, -0.15) is 5.10 Å². The normalized spacial score (nSPS) is 10.6. The first-order chi connectivity index (χ1) is 12.5. The third-order valence-electron chi connectivity index (χ3n) is 3.18. The summed E-state index contributed by atoms with van der Waals surface area (Å²) in [5.74, 6) is 0.763. The molecule has 0 aliphatic carbocycles. The van der Waals surface area contributed by atoms with Crippen LogP contribution < -0.4 is 14.9 Å². The van der Waals surface area contributed by atoms with Crippen molar-refractivity contribution in [2.45, 2.75) is 6.92 Å². The van der Waals surface area contributed by atoms with Crippen LogP contribution in [0.25, 0.3) is 0 Å². The molecule has 136 valence electrons. The third-order valence-corrected chi connectivity index (χ3v) is 4.17. The van der Waals surface area contributed by atoms with Crippen molar-refractivity contribution in [2.24, 2.45) is 5.10 Å². The molecule has 7 heteroatoms. The molecule has 2 rings (SSSR count). The minimum absolute atomic E-state index is 0.306. The van der Waals surface area contributed by atoms with Crippen LogP contribution in [-0.2, 0) is 0 Å². The lowest BCUT2D eigenvalue weighted by atomic mass is 10.2. The lowest BCUT2D eigenvalue weighted by molar-refractivity contribution is 0.0951. The molecule has 0 radical (unpaired) electrons. The van der Waals surface area contributed by atoms with E-state index < -0.39 is 0 Å². The largest absolute Gasteiger partial charge is 0.493 e. The maximum absolute atomic E-state index is 12.5. The number of ether oxygens (including phenoxy) is 2. The summed E-state index contributed by atoms with van der Waals surface area (Å²) >= 11 is 6.77. The standard InChI is InChI=1S/C19H18Br2N2O3/c1-3-9-26-18-8-6-15(21)11-16(18)19(24)23-22-12-13-10-14(20)5-7-17(13)25-4-2/h3,5-8,10-12H,1,4,9H2,2H3,(H,23,24)/b22-12+. The zero-order valence-corrected chi connectivity index (χ0v) is 17.3. The van der Waals surface area contributed by atoms with Gasteiger partial charge in [-0.3, -0.25) is 4.79 Å². The fourth-order valence-corrected chi connectivity index (χ4v) is 2.82. The summed E-state index contributed by atoms with van der Waals surface area (Å²) in [6.07, 6.45) is 3.15. The van der Waals surface area contributed by atoms with E-state index in [1.54, 1.807) is 24.3 Å². The molecule has 0 spiro atoms. The van der Waals surface area contributed by atoms with Crippen LogP contribution in [0.15, 0.2) is 63.1 Å². The molecular formula is C19H18Br2N2O3. The van der Waals surface area contributed by atoms with Crippen molar-refractivity contribution in [1.29, 1.82) is 0 Å². The van der Waals surface area contributed by atoms with E-state index in [0.717, 1.165) is 14.5 Å². The molecule has 1 amide bonds. The molecule has 0 fully saturated rings. The van der Waals surface area contributed by atoms with Crippen molar-refractivity contribution in [3.05, 3.63) is 69.1 Å². The number of hydrogen-bond donors (Lipinski definition) is 1. The Kier molecular flexibility index (Phi) is 7.87. The molecule has 0 unspecified atom stereocenters. The minimum atomic E-state index is -0.380. The number of carbonyl (C=O) groups is 1. The van der Waals surface area contributed by atoms with Crippen LogP contribution in [0.4, 0.5) is 0 Å². The van der Waals surface area contributed by atoms with Crippen molar-refractivity contribution in [1.82, 2.24) is 5.43 Å². The van der Waals surface area contributed by atoms with Gasteiger partial charge in [0.15, 0.2) is 0 Å². The van der Waals surface area contributed by atoms with Gasteiger partial charge in [0.25, 0.3) is 5.91 Å². The highest BCUT2D eigenvalue weighted by molar-refractivity contribution is 9.10. The predicted octanol–water partition coefficient (Wildman–Crippen LogP) is 4.94. The maximum atomic E-state index is 12.5. The summed E-state index contributed by atoms with van der Waals surface area (Å²) in [7, 11) is 0. The molecule has 0 saturated carbocycles. The van der Waals surface area contributed by atoms with Gasteiger partial charge < -0.3 is 9.47 Å². The van der Waals surface area contributed by atoms with Crippen molar-refractivity contribution in [2.75, 3.05) is 13.2 Å². The summed E-state index contributed by atoms with van der Waals surface area (Å²) in [4.78, 5) is 12.5. The number of nitrogens with one attached hydrogen (secondary N) is 1. The lowest BCUT2D eigenvalue weighted by Crippen LogP contribution is -2.19. The molecule has 26 heavy (non-hydrogen) atoms. The van der Waals surface area contributed by atoms with Crippen LogP contribution in [0.1, 0.15) is 22.8 Å². The molecule has 0 aromatic heterocycles. The second-order valence-electron chi connectivity index (χ2n) is 5.05. The van der Waals surface area contributed by atoms with Gasteiger partial charge in [-0.1, -0.05) is 44.5 Å². The van der Waals surface area contributed by atoms with Crippen LogP contribution in [0.3, 0.4) is 0 Å². The lowest BCUT2D eigenvalue weighted by Gasteiger charge is -2.10. The molecular weight excluding hydrogens is 464 g/mol. The van der Waals surface area contributed by atoms with E-state index in [1.807, 2.05) is 25.1 Å². The van der Waals surface area contributed by atoms with Gasteiger partial charge in [-0.15, -0.1) is 0 Å². The Morgan fingerprint density at radius 1 is 1.15 bits per heavy atom. The molecule has 0 heterocycles. The zero-order valence-electron chi connectivity index (χ0n) is 14.2. The zero-order chi connectivity index (χ0) is 18.9. The number of carbonyl (C=O) groups excluding carboxylic acids is 1. The van der Waals surface area contributed by atoms with Gasteiger partial charge in [0.05, 0.1) is 18.4 Å². The number of hydrogen-bond acceptors (Lipinski definition) is 4. The van der Waals surface area contributed by atoms with Crippen LogP contribution in [0.2, 0.25) is 0 Å². The maximum Gasteiger partial charge on any atom is 0.275 e. The molecule has 2 aromatic carbocycles. The van der Waals surface area contributed by atoms with Gasteiger partial charge in [0.1, 0.15) is 18.1 Å². The monoisotopic (exact) mass is 480 g/mol. The number of nitrogens with zero attached hydrogens (tertiary/aromatic N) is 1. The van der Waals surface area contributed by atoms with Gasteiger partial charge in [0.2, 0.25) is 0 Å². The number of hydrazone groups is 1. The molecule has 0 aliphatic rings. The van der Waals surface area contributed by atoms with Gasteiger partial charge in [-0.05, 0) is 43.3 Å². The summed E-state index contributed by atoms with van der Waals surface area (Å²) in [6, 6.07) is 10.8. The van der Waals surface area contributed by atoms with E-state index in [-0.39, 0.29) is 5.91 Å². The van der Waals surface area contributed by atoms with E-state index >= 15 is 0 Å². The quantitative estimate of drug-likeness (QED) is 0.330. The molecule has 0 atom stereocenters. The molecule has 0 aliphatic heterocycles. The van der Waals surface area contributed by atoms with E-state index in [0.29, 0.717) is 30.3 Å². The van der Waals surface area contributed by atoms with E-state index in [9.17, 15) is 4.79 Å². The minimum Gasteiger partial charge on any atom is -0.493 e. The molecule has 5 nitrogen and oxygen atoms in total. The van der Waals surface area contributed by atoms with E-state index in [1.165, 1.54) is 6.21 Å². The fourth-order valence-electron chi connectivity index (χ4n) is 2.08. The Labute approximate surface area is 169 Å². The molecule has 0 bridgehead atoms. The van der Waals surface area contributed by atoms with Gasteiger partial charge in [0, 0.05) is 14.5 Å². The highest BCUT2D eigenvalue weighted by Crippen LogP contribution is 2.24. The van der Waals surface area contributed by atoms with Crippen molar-refractivity contribution >= 4 is 44.0 Å². The van der Waals surface area contributed by atoms with Gasteiger partial charge >= 0.3 is 0 Å². The van der Waals surface area contributed by atoms with E-state index in [4.69, 9.17) is 9.47 Å². The van der Waals surface area contributed by atoms with Crippen molar-refractivity contribution < 1.29 is 14.3 Å². The van der Waals surface area contributed by atoms with Crippen LogP contribution in [0.5, 0.6) is 11.5 Å². The fraction of sp³-hybridized carbons (Fsp3) is 0.158. The first-order valence-corrected chi connectivity index (χ1v) is 9.42. The number of amides is 1. The molecule has 0 saturated heterocycles. The summed E-state index contributed by atoms with van der Waals surface area (Å²) < 4.78 is 12.7. The highest BCUT2D eigenvalue weighted by Gasteiger charge is 2.13. The summed E-state index contributed by atoms with van der Waals surface area (Å²) in [5, 5.41) is 4.04. The SMILES string of the molecule is C=CCOc1ccc(Br)cc1C(=O)N/N=C/c1cc(Br)ccc1OCC. The number of benzene rings is 2. The second kappa shape index (κ2) is 10.1. The Morgan fingerprint density at radius 3 is 2.54 bits per heavy atom. The Hall–Kier alpha value is -2.12. The average Bonchev–Trinajstić information content (AvgIpc) is 2.62. The van der Waals surface area contributed by atoms with Crippen molar-refractivity contribution in [3.63, 3.8) is 0 Å². The van der Waals surface area contributed by atoms with Gasteiger partial charge in [-0.25, -0.2) is 5.43 Å². The smallest absolute Gasteiger partial charge is 0.275 e. The average molecular weight is 482 g/mol. The Balaban J connectivity index is 2.16. The molecule has 1 N–H and O–H groups in total. The topological polar surface area (TPSA) is 59.9 Å². The van der Waals surface area contributed by atoms with Crippen LogP contribution in [-0.4, -0.2) is 25.3 Å². The van der Waals surface area contributed by atoms with E-state index in [2.05, 4.69) is 49.0 Å². The third kappa shape index (κ3) is 5.71. The summed E-state index contributed by atoms with van der Waals surface area (Å²) in [5.41, 5.74) is 3.64. The molecule has 2 aromatic rings. The summed E-state index contributed by atoms with van der Waals surface area (Å²) in [6.45, 7) is 6.36. The predicted molar refractivity (Wildman–Crippen MR) is 110 cm³/mol. The number of rotatable bonds is 8. The van der Waals surface area contributed by atoms with Crippen LogP contribution >= 0.6 is 31.9 Å². The second-order valence-corrected chi connectivity index (χ2v) is 6.89. The Morgan fingerprint density at radius 2 is 1.85 bits per heavy atom. The first-order valence-electron chi connectivity index (χ1n) is 7.84. The Bertz CT molecular complexity index is 822. The van der Waals surface area contributed by atoms with Crippen molar-refractivity contribution in [3.8, 4) is 11.5 Å². The van der Waals surface area contributed by atoms with Crippen LogP contribution in [0, 0.1) is 0 Å².